The van der Waals surface area contributed by atoms with Crippen molar-refractivity contribution in [1.29, 1.82) is 0 Å². The first-order valence-corrected chi connectivity index (χ1v) is 7.75. The van der Waals surface area contributed by atoms with Crippen LogP contribution in [0, 0.1) is 0 Å². The highest BCUT2D eigenvalue weighted by molar-refractivity contribution is 5.75. The molecule has 0 fully saturated rings. The number of carbonyl (C=O) groups is 1. The van der Waals surface area contributed by atoms with Gasteiger partial charge < -0.3 is 15.6 Å². The Kier molecular flexibility index (Phi) is 13.4. The third-order valence-electron chi connectivity index (χ3n) is 3.24. The summed E-state index contributed by atoms with van der Waals surface area (Å²) in [4.78, 5) is 11.1. The van der Waals surface area contributed by atoms with Gasteiger partial charge in [0.05, 0.1) is 13.2 Å². The third-order valence-corrected chi connectivity index (χ3v) is 3.24. The molecule has 0 heterocycles. The van der Waals surface area contributed by atoms with Gasteiger partial charge in [0.1, 0.15) is 6.04 Å². The van der Waals surface area contributed by atoms with Crippen molar-refractivity contribution >= 4 is 5.97 Å². The number of aliphatic hydroxyl groups excluding tert-OH is 1. The van der Waals surface area contributed by atoms with E-state index in [1.54, 1.807) is 0 Å². The number of unbranched alkanes of at least 4 members (excludes halogenated alkanes) is 9. The molecule has 0 saturated carbocycles. The number of ether oxygens (including phenoxy) is 1. The van der Waals surface area contributed by atoms with Gasteiger partial charge in [-0.05, 0) is 6.42 Å². The summed E-state index contributed by atoms with van der Waals surface area (Å²) in [5.41, 5.74) is 5.32. The summed E-state index contributed by atoms with van der Waals surface area (Å²) in [5, 5.41) is 8.66. The molecule has 0 radical (unpaired) electrons. The molecule has 0 bridgehead atoms. The maximum absolute atomic E-state index is 11.1. The van der Waals surface area contributed by atoms with Crippen LogP contribution in [0.3, 0.4) is 0 Å². The van der Waals surface area contributed by atoms with Crippen molar-refractivity contribution in [3.63, 3.8) is 0 Å². The van der Waals surface area contributed by atoms with E-state index in [0.29, 0.717) is 6.61 Å². The fourth-order valence-electron chi connectivity index (χ4n) is 1.94. The van der Waals surface area contributed by atoms with E-state index < -0.39 is 12.0 Å². The molecule has 114 valence electrons. The Hall–Kier alpha value is -0.610. The van der Waals surface area contributed by atoms with Crippen LogP contribution in [0.25, 0.3) is 0 Å². The topological polar surface area (TPSA) is 72.5 Å². The molecule has 1 atom stereocenters. The Morgan fingerprint density at radius 2 is 1.47 bits per heavy atom. The molecule has 0 rings (SSSR count). The van der Waals surface area contributed by atoms with Gasteiger partial charge in [-0.1, -0.05) is 64.7 Å². The van der Waals surface area contributed by atoms with E-state index in [2.05, 4.69) is 6.92 Å². The van der Waals surface area contributed by atoms with Crippen molar-refractivity contribution in [2.24, 2.45) is 5.73 Å². The lowest BCUT2D eigenvalue weighted by Crippen LogP contribution is -2.35. The average Bonchev–Trinajstić information content (AvgIpc) is 2.43. The predicted molar refractivity (Wildman–Crippen MR) is 77.9 cm³/mol. The largest absolute Gasteiger partial charge is 0.464 e. The molecule has 3 N–H and O–H groups in total. The molecule has 0 aliphatic heterocycles. The molecule has 1 unspecified atom stereocenters. The predicted octanol–water partition coefficient (Wildman–Crippen LogP) is 2.77. The van der Waals surface area contributed by atoms with E-state index in [9.17, 15) is 4.79 Å². The minimum Gasteiger partial charge on any atom is -0.464 e. The number of hydrogen-bond donors (Lipinski definition) is 2. The van der Waals surface area contributed by atoms with Gasteiger partial charge >= 0.3 is 5.97 Å². The van der Waals surface area contributed by atoms with E-state index >= 15 is 0 Å². The number of rotatable bonds is 13. The summed E-state index contributed by atoms with van der Waals surface area (Å²) < 4.78 is 4.94. The van der Waals surface area contributed by atoms with E-state index in [1.165, 1.54) is 51.4 Å². The van der Waals surface area contributed by atoms with Crippen molar-refractivity contribution in [3.05, 3.63) is 0 Å². The van der Waals surface area contributed by atoms with E-state index in [4.69, 9.17) is 15.6 Å². The number of aliphatic hydroxyl groups is 1. The van der Waals surface area contributed by atoms with Crippen LogP contribution in [0.15, 0.2) is 0 Å². The highest BCUT2D eigenvalue weighted by Crippen LogP contribution is 2.10. The second kappa shape index (κ2) is 13.8. The molecule has 19 heavy (non-hydrogen) atoms. The maximum Gasteiger partial charge on any atom is 0.325 e. The molecule has 0 aliphatic rings. The Bertz CT molecular complexity index is 210. The zero-order chi connectivity index (χ0) is 14.3. The molecule has 4 heteroatoms. The lowest BCUT2D eigenvalue weighted by atomic mass is 10.1. The van der Waals surface area contributed by atoms with Crippen LogP contribution in [0.2, 0.25) is 0 Å². The molecule has 0 amide bonds. The van der Waals surface area contributed by atoms with E-state index in [1.807, 2.05) is 0 Å². The van der Waals surface area contributed by atoms with Gasteiger partial charge in [0.25, 0.3) is 0 Å². The van der Waals surface area contributed by atoms with E-state index in [-0.39, 0.29) is 6.61 Å². The smallest absolute Gasteiger partial charge is 0.325 e. The van der Waals surface area contributed by atoms with Crippen LogP contribution in [0.1, 0.15) is 71.1 Å². The first-order valence-electron chi connectivity index (χ1n) is 7.75. The molecule has 0 aromatic rings. The Morgan fingerprint density at radius 1 is 1.00 bits per heavy atom. The first kappa shape index (κ1) is 18.4. The lowest BCUT2D eigenvalue weighted by Gasteiger charge is -2.08. The van der Waals surface area contributed by atoms with Crippen molar-refractivity contribution in [2.45, 2.75) is 77.2 Å². The summed E-state index contributed by atoms with van der Waals surface area (Å²) in [6.07, 6.45) is 12.5. The van der Waals surface area contributed by atoms with Crippen molar-refractivity contribution in [1.82, 2.24) is 0 Å². The normalized spacial score (nSPS) is 12.4. The first-order chi connectivity index (χ1) is 9.22. The summed E-state index contributed by atoms with van der Waals surface area (Å²) in [5.74, 6) is -0.501. The fourth-order valence-corrected chi connectivity index (χ4v) is 1.94. The Morgan fingerprint density at radius 3 is 1.95 bits per heavy atom. The quantitative estimate of drug-likeness (QED) is 0.400. The summed E-state index contributed by atoms with van der Waals surface area (Å²) in [6.45, 7) is 2.31. The number of carbonyl (C=O) groups excluding carboxylic acids is 1. The summed E-state index contributed by atoms with van der Waals surface area (Å²) in [6, 6.07) is -0.886. The van der Waals surface area contributed by atoms with Crippen LogP contribution in [0.4, 0.5) is 0 Å². The van der Waals surface area contributed by atoms with Gasteiger partial charge in [-0.2, -0.15) is 0 Å². The van der Waals surface area contributed by atoms with Gasteiger partial charge in [0.15, 0.2) is 0 Å². The number of nitrogens with two attached hydrogens (primary N) is 1. The molecule has 0 saturated heterocycles. The standard InChI is InChI=1S/C15H31NO3/c1-2-3-4-5-6-7-8-9-10-11-12-19-15(18)14(16)13-17/h14,17H,2-13,16H2,1H3. The van der Waals surface area contributed by atoms with Crippen molar-refractivity contribution in [2.75, 3.05) is 13.2 Å². The second-order valence-corrected chi connectivity index (χ2v) is 5.14. The van der Waals surface area contributed by atoms with Gasteiger partial charge in [-0.3, -0.25) is 4.79 Å². The number of hydrogen-bond acceptors (Lipinski definition) is 4. The van der Waals surface area contributed by atoms with Crippen molar-refractivity contribution < 1.29 is 14.6 Å². The molecule has 0 aromatic heterocycles. The Balaban J connectivity index is 3.13. The van der Waals surface area contributed by atoms with E-state index in [0.717, 1.165) is 12.8 Å². The molecule has 0 spiro atoms. The molecule has 0 aliphatic carbocycles. The second-order valence-electron chi connectivity index (χ2n) is 5.14. The van der Waals surface area contributed by atoms with Gasteiger partial charge in [-0.15, -0.1) is 0 Å². The molecule has 0 aromatic carbocycles. The minimum atomic E-state index is -0.886. The minimum absolute atomic E-state index is 0.350. The third kappa shape index (κ3) is 12.2. The van der Waals surface area contributed by atoms with Gasteiger partial charge in [-0.25, -0.2) is 0 Å². The van der Waals surface area contributed by atoms with Crippen LogP contribution in [-0.2, 0) is 9.53 Å². The molecular formula is C15H31NO3. The van der Waals surface area contributed by atoms with Crippen LogP contribution in [0.5, 0.6) is 0 Å². The average molecular weight is 273 g/mol. The van der Waals surface area contributed by atoms with Crippen molar-refractivity contribution in [3.8, 4) is 0 Å². The van der Waals surface area contributed by atoms with Gasteiger partial charge in [0.2, 0.25) is 0 Å². The maximum atomic E-state index is 11.1. The SMILES string of the molecule is CCCCCCCCCCCCOC(=O)C(N)CO. The summed E-state index contributed by atoms with van der Waals surface area (Å²) in [7, 11) is 0. The zero-order valence-corrected chi connectivity index (χ0v) is 12.4. The molecule has 4 nitrogen and oxygen atoms in total. The van der Waals surface area contributed by atoms with Crippen LogP contribution >= 0.6 is 0 Å². The number of esters is 1. The van der Waals surface area contributed by atoms with Crippen LogP contribution < -0.4 is 5.73 Å². The highest BCUT2D eigenvalue weighted by Gasteiger charge is 2.12. The molecular weight excluding hydrogens is 242 g/mol. The fraction of sp³-hybridized carbons (Fsp3) is 0.933. The highest BCUT2D eigenvalue weighted by atomic mass is 16.5. The lowest BCUT2D eigenvalue weighted by molar-refractivity contribution is -0.146. The zero-order valence-electron chi connectivity index (χ0n) is 12.4. The monoisotopic (exact) mass is 273 g/mol. The Labute approximate surface area is 117 Å². The van der Waals surface area contributed by atoms with Crippen LogP contribution in [-0.4, -0.2) is 30.3 Å². The summed E-state index contributed by atoms with van der Waals surface area (Å²) >= 11 is 0. The van der Waals surface area contributed by atoms with Gasteiger partial charge in [0, 0.05) is 0 Å².